The van der Waals surface area contributed by atoms with Gasteiger partial charge in [-0.25, -0.2) is 0 Å². The molecular weight excluding hydrogens is 226 g/mol. The average molecular weight is 249 g/mol. The Morgan fingerprint density at radius 1 is 1.39 bits per heavy atom. The Bertz CT molecular complexity index is 371. The second kappa shape index (κ2) is 5.98. The molecule has 2 heterocycles. The third-order valence-corrected chi connectivity index (χ3v) is 3.31. The number of rotatable bonds is 4. The quantitative estimate of drug-likeness (QED) is 0.886. The highest BCUT2D eigenvalue weighted by atomic mass is 15.3. The summed E-state index contributed by atoms with van der Waals surface area (Å²) in [6, 6.07) is 0. The molecule has 0 aromatic carbocycles. The van der Waals surface area contributed by atoms with Gasteiger partial charge in [-0.1, -0.05) is 20.8 Å². The smallest absolute Gasteiger partial charge is 0.247 e. The normalized spacial score (nSPS) is 17.2. The van der Waals surface area contributed by atoms with Gasteiger partial charge in [0.15, 0.2) is 5.82 Å². The molecule has 18 heavy (non-hydrogen) atoms. The maximum Gasteiger partial charge on any atom is 0.247 e. The predicted molar refractivity (Wildman–Crippen MR) is 73.8 cm³/mol. The van der Waals surface area contributed by atoms with Crippen LogP contribution in [0.15, 0.2) is 6.20 Å². The molecule has 1 aliphatic heterocycles. The first kappa shape index (κ1) is 13.1. The van der Waals surface area contributed by atoms with Gasteiger partial charge >= 0.3 is 0 Å². The Hall–Kier alpha value is -1.39. The van der Waals surface area contributed by atoms with E-state index in [-0.39, 0.29) is 0 Å². The highest BCUT2D eigenvalue weighted by Gasteiger charge is 2.18. The third-order valence-electron chi connectivity index (χ3n) is 3.31. The van der Waals surface area contributed by atoms with E-state index in [1.54, 1.807) is 6.20 Å². The van der Waals surface area contributed by atoms with E-state index in [4.69, 9.17) is 0 Å². The summed E-state index contributed by atoms with van der Waals surface area (Å²) in [7, 11) is 0. The number of hydrogen-bond donors (Lipinski definition) is 1. The molecule has 100 valence electrons. The molecule has 0 amide bonds. The van der Waals surface area contributed by atoms with E-state index in [1.807, 2.05) is 0 Å². The van der Waals surface area contributed by atoms with E-state index in [9.17, 15) is 0 Å². The van der Waals surface area contributed by atoms with Crippen LogP contribution >= 0.6 is 0 Å². The summed E-state index contributed by atoms with van der Waals surface area (Å²) in [6.07, 6.45) is 4.12. The topological polar surface area (TPSA) is 53.9 Å². The molecule has 0 atom stereocenters. The summed E-state index contributed by atoms with van der Waals surface area (Å²) < 4.78 is 0. The van der Waals surface area contributed by atoms with Crippen molar-refractivity contribution in [3.8, 4) is 0 Å². The van der Waals surface area contributed by atoms with Crippen LogP contribution in [-0.4, -0.2) is 34.8 Å². The molecule has 0 bridgehead atoms. The molecule has 1 saturated heterocycles. The minimum atomic E-state index is 0.597. The zero-order chi connectivity index (χ0) is 13.0. The Morgan fingerprint density at radius 2 is 2.11 bits per heavy atom. The molecule has 1 aliphatic rings. The molecule has 0 radical (unpaired) electrons. The number of hydrogen-bond acceptors (Lipinski definition) is 5. The van der Waals surface area contributed by atoms with Crippen molar-refractivity contribution in [1.29, 1.82) is 0 Å². The van der Waals surface area contributed by atoms with E-state index in [0.717, 1.165) is 37.3 Å². The van der Waals surface area contributed by atoms with Gasteiger partial charge in [-0.3, -0.25) is 0 Å². The van der Waals surface area contributed by atoms with Crippen LogP contribution < -0.4 is 10.2 Å². The van der Waals surface area contributed by atoms with Crippen LogP contribution in [0.25, 0.3) is 0 Å². The molecule has 2 rings (SSSR count). The number of nitrogens with one attached hydrogen (secondary N) is 1. The largest absolute Gasteiger partial charge is 0.368 e. The van der Waals surface area contributed by atoms with E-state index >= 15 is 0 Å². The van der Waals surface area contributed by atoms with Crippen molar-refractivity contribution < 1.29 is 0 Å². The minimum absolute atomic E-state index is 0.597. The van der Waals surface area contributed by atoms with E-state index in [0.29, 0.717) is 5.92 Å². The van der Waals surface area contributed by atoms with Gasteiger partial charge in [0.25, 0.3) is 0 Å². The Kier molecular flexibility index (Phi) is 4.33. The molecule has 0 aliphatic carbocycles. The van der Waals surface area contributed by atoms with E-state index < -0.39 is 0 Å². The van der Waals surface area contributed by atoms with Gasteiger partial charge < -0.3 is 10.2 Å². The van der Waals surface area contributed by atoms with Gasteiger partial charge in [-0.05, 0) is 24.7 Å². The fraction of sp³-hybridized carbons (Fsp3) is 0.769. The third kappa shape index (κ3) is 3.55. The first-order valence-electron chi connectivity index (χ1n) is 6.83. The zero-order valence-corrected chi connectivity index (χ0v) is 11.6. The molecule has 5 nitrogen and oxygen atoms in total. The van der Waals surface area contributed by atoms with Crippen LogP contribution in [0.3, 0.4) is 0 Å². The van der Waals surface area contributed by atoms with Crippen LogP contribution in [0.4, 0.5) is 11.8 Å². The zero-order valence-electron chi connectivity index (χ0n) is 11.6. The van der Waals surface area contributed by atoms with Crippen molar-refractivity contribution in [3.63, 3.8) is 0 Å². The highest BCUT2D eigenvalue weighted by molar-refractivity contribution is 5.39. The summed E-state index contributed by atoms with van der Waals surface area (Å²) in [6.45, 7) is 9.64. The summed E-state index contributed by atoms with van der Waals surface area (Å²) >= 11 is 0. The maximum atomic E-state index is 4.53. The van der Waals surface area contributed by atoms with Gasteiger partial charge in [-0.15, -0.1) is 5.10 Å². The lowest BCUT2D eigenvalue weighted by Crippen LogP contribution is -2.34. The molecule has 0 saturated carbocycles. The Labute approximate surface area is 109 Å². The van der Waals surface area contributed by atoms with Crippen molar-refractivity contribution >= 4 is 11.8 Å². The van der Waals surface area contributed by atoms with Gasteiger partial charge in [0.05, 0.1) is 6.20 Å². The first-order valence-corrected chi connectivity index (χ1v) is 6.83. The van der Waals surface area contributed by atoms with Gasteiger partial charge in [0.1, 0.15) is 0 Å². The molecular formula is C13H23N5. The second-order valence-corrected chi connectivity index (χ2v) is 5.59. The molecule has 1 fully saturated rings. The second-order valence-electron chi connectivity index (χ2n) is 5.59. The Balaban J connectivity index is 1.98. The van der Waals surface area contributed by atoms with Crippen LogP contribution in [-0.2, 0) is 0 Å². The lowest BCUT2D eigenvalue weighted by atomic mass is 10.00. The van der Waals surface area contributed by atoms with Gasteiger partial charge in [-0.2, -0.15) is 10.1 Å². The SMILES string of the molecule is CC(C)CNc1cnnc(N2CCC(C)CC2)n1. The summed E-state index contributed by atoms with van der Waals surface area (Å²) in [5.41, 5.74) is 0. The van der Waals surface area contributed by atoms with Crippen LogP contribution in [0.5, 0.6) is 0 Å². The van der Waals surface area contributed by atoms with Crippen LogP contribution in [0.1, 0.15) is 33.6 Å². The van der Waals surface area contributed by atoms with E-state index in [2.05, 4.69) is 46.2 Å². The lowest BCUT2D eigenvalue weighted by Gasteiger charge is -2.29. The molecule has 1 N–H and O–H groups in total. The monoisotopic (exact) mass is 249 g/mol. The predicted octanol–water partition coefficient (Wildman–Crippen LogP) is 2.18. The summed E-state index contributed by atoms with van der Waals surface area (Å²) in [4.78, 5) is 6.76. The van der Waals surface area contributed by atoms with Crippen LogP contribution in [0.2, 0.25) is 0 Å². The minimum Gasteiger partial charge on any atom is -0.368 e. The molecule has 1 aromatic heterocycles. The fourth-order valence-corrected chi connectivity index (χ4v) is 2.03. The number of piperidine rings is 1. The molecule has 1 aromatic rings. The average Bonchev–Trinajstić information content (AvgIpc) is 2.37. The van der Waals surface area contributed by atoms with Gasteiger partial charge in [0, 0.05) is 19.6 Å². The van der Waals surface area contributed by atoms with Crippen molar-refractivity contribution in [3.05, 3.63) is 6.20 Å². The molecule has 0 spiro atoms. The van der Waals surface area contributed by atoms with Crippen molar-refractivity contribution in [2.24, 2.45) is 11.8 Å². The van der Waals surface area contributed by atoms with Crippen molar-refractivity contribution in [2.45, 2.75) is 33.6 Å². The van der Waals surface area contributed by atoms with Crippen molar-refractivity contribution in [1.82, 2.24) is 15.2 Å². The first-order chi connectivity index (χ1) is 8.65. The highest BCUT2D eigenvalue weighted by Crippen LogP contribution is 2.20. The maximum absolute atomic E-state index is 4.53. The lowest BCUT2D eigenvalue weighted by molar-refractivity contribution is 0.433. The number of aromatic nitrogens is 3. The number of anilines is 2. The molecule has 0 unspecified atom stereocenters. The summed E-state index contributed by atoms with van der Waals surface area (Å²) in [5, 5.41) is 11.5. The number of nitrogens with zero attached hydrogens (tertiary/aromatic N) is 4. The van der Waals surface area contributed by atoms with Crippen LogP contribution in [0, 0.1) is 11.8 Å². The molecule has 5 heteroatoms. The summed E-state index contributed by atoms with van der Waals surface area (Å²) in [5.74, 6) is 3.00. The Morgan fingerprint density at radius 3 is 2.78 bits per heavy atom. The van der Waals surface area contributed by atoms with Gasteiger partial charge in [0.2, 0.25) is 5.95 Å². The standard InChI is InChI=1S/C13H23N5/c1-10(2)8-14-12-9-15-17-13(16-12)18-6-4-11(3)5-7-18/h9-11H,4-8H2,1-3H3,(H,14,16,17). The van der Waals surface area contributed by atoms with Crippen molar-refractivity contribution in [2.75, 3.05) is 29.9 Å². The fourth-order valence-electron chi connectivity index (χ4n) is 2.03. The van der Waals surface area contributed by atoms with E-state index in [1.165, 1.54) is 12.8 Å².